The molecule has 0 unspecified atom stereocenters. The number of likely N-dealkylation sites (N-methyl/N-ethyl adjacent to an activating group) is 1. The Balaban J connectivity index is 1.56. The molecule has 0 aliphatic carbocycles. The first-order valence-corrected chi connectivity index (χ1v) is 28.8. The molecule has 25 nitrogen and oxygen atoms in total. The van der Waals surface area contributed by atoms with E-state index in [1.54, 1.807) is 10.6 Å². The minimum atomic E-state index is -5.23. The van der Waals surface area contributed by atoms with Crippen molar-refractivity contribution in [3.8, 4) is 22.6 Å². The number of aryl methyl sites for hydroxylation is 1. The van der Waals surface area contributed by atoms with E-state index in [9.17, 15) is 71.3 Å². The Bertz CT molecular complexity index is 3220. The van der Waals surface area contributed by atoms with Crippen LogP contribution in [0.15, 0.2) is 78.0 Å². The number of carbonyl (C=O) groups excluding carboxylic acids is 5. The Morgan fingerprint density at radius 2 is 1.26 bits per heavy atom. The van der Waals surface area contributed by atoms with E-state index in [4.69, 9.17) is 26.8 Å². The van der Waals surface area contributed by atoms with Crippen LogP contribution in [0.1, 0.15) is 34.2 Å². The van der Waals surface area contributed by atoms with Crippen molar-refractivity contribution in [1.82, 2.24) is 31.2 Å². The summed E-state index contributed by atoms with van der Waals surface area (Å²) in [5, 5.41) is 7.57. The van der Waals surface area contributed by atoms with Crippen LogP contribution in [0, 0.1) is 13.8 Å². The van der Waals surface area contributed by atoms with Crippen molar-refractivity contribution in [1.29, 1.82) is 0 Å². The Morgan fingerprint density at radius 1 is 0.703 bits per heavy atom. The van der Waals surface area contributed by atoms with Gasteiger partial charge >= 0.3 is 0 Å². The number of ether oxygens (including phenoxy) is 2. The van der Waals surface area contributed by atoms with Crippen molar-refractivity contribution in [2.75, 3.05) is 43.7 Å². The van der Waals surface area contributed by atoms with Crippen LogP contribution < -0.4 is 36.5 Å². The number of nitrogens with one attached hydrogen (secondary N) is 4. The summed E-state index contributed by atoms with van der Waals surface area (Å²) in [7, 11) is -17.8. The molecule has 3 atom stereocenters. The van der Waals surface area contributed by atoms with Gasteiger partial charge in [-0.2, -0.15) is 25.3 Å². The summed E-state index contributed by atoms with van der Waals surface area (Å²) in [5.74, 6) is -11.2. The minimum Gasteiger partial charge on any atom is -0.488 e. The zero-order valence-electron chi connectivity index (χ0n) is 40.0. The highest BCUT2D eigenvalue weighted by molar-refractivity contribution is 7.90. The molecule has 0 bridgehead atoms. The van der Waals surface area contributed by atoms with Crippen LogP contribution in [-0.2, 0) is 83.9 Å². The molecule has 4 rings (SSSR count). The zero-order valence-corrected chi connectivity index (χ0v) is 44.0. The van der Waals surface area contributed by atoms with Gasteiger partial charge in [-0.15, -0.1) is 0 Å². The van der Waals surface area contributed by atoms with Gasteiger partial charge in [0.25, 0.3) is 30.4 Å². The van der Waals surface area contributed by atoms with Gasteiger partial charge in [0.1, 0.15) is 60.1 Å². The lowest BCUT2D eigenvalue weighted by molar-refractivity contribution is -0.134. The fourth-order valence-corrected chi connectivity index (χ4v) is 9.73. The van der Waals surface area contributed by atoms with Crippen LogP contribution in [-0.4, -0.2) is 149 Å². The number of amides is 5. The van der Waals surface area contributed by atoms with E-state index in [2.05, 4.69) is 10.3 Å². The zero-order chi connectivity index (χ0) is 55.3. The molecule has 3 aromatic carbocycles. The number of sulfone groups is 1. The monoisotopic (exact) mass is 1130 g/mol. The number of hydrogen-bond acceptors (Lipinski definition) is 17. The SMILES string of the molecule is Cc1ccccc1-c1cccc(COc2cc(OCc3cncc(S(C)(=O)=O)c3)c(CN(C)C(=O)CNC(=O)[C@H](CS(=O)(=O)O)NC(=O)[C@H](CS(=O)(=O)O)NC(=O)[C@H](CS(=O)(=O)O)NC(=O)CCN)cc2Cl)c1C. The van der Waals surface area contributed by atoms with Crippen molar-refractivity contribution >= 4 is 81.3 Å². The van der Waals surface area contributed by atoms with Gasteiger partial charge in [0.2, 0.25) is 29.5 Å². The van der Waals surface area contributed by atoms with E-state index in [0.717, 1.165) is 45.2 Å². The highest BCUT2D eigenvalue weighted by Crippen LogP contribution is 2.36. The van der Waals surface area contributed by atoms with E-state index in [0.29, 0.717) is 5.56 Å². The number of carbonyl (C=O) groups is 5. The summed E-state index contributed by atoms with van der Waals surface area (Å²) in [4.78, 5) is 70.4. The topological polar surface area (TPSA) is 391 Å². The summed E-state index contributed by atoms with van der Waals surface area (Å²) >= 11 is 6.75. The van der Waals surface area contributed by atoms with Gasteiger partial charge in [-0.1, -0.05) is 54.1 Å². The first-order chi connectivity index (χ1) is 34.3. The number of rotatable bonds is 26. The van der Waals surface area contributed by atoms with Gasteiger partial charge in [0.05, 0.1) is 16.5 Å². The molecule has 0 aliphatic rings. The normalized spacial score (nSPS) is 13.1. The predicted molar refractivity (Wildman–Crippen MR) is 267 cm³/mol. The lowest BCUT2D eigenvalue weighted by Gasteiger charge is -2.24. The lowest BCUT2D eigenvalue weighted by Crippen LogP contribution is -2.60. The van der Waals surface area contributed by atoms with Gasteiger partial charge in [-0.25, -0.2) is 8.42 Å². The highest BCUT2D eigenvalue weighted by Gasteiger charge is 2.35. The number of nitrogens with zero attached hydrogens (tertiary/aromatic N) is 2. The average molecular weight is 1130 g/mol. The molecule has 0 radical (unpaired) electrons. The van der Waals surface area contributed by atoms with Crippen molar-refractivity contribution in [3.05, 3.63) is 106 Å². The molecule has 0 saturated heterocycles. The maximum atomic E-state index is 13.5. The summed E-state index contributed by atoms with van der Waals surface area (Å²) in [5.41, 5.74) is 10.8. The lowest BCUT2D eigenvalue weighted by atomic mass is 9.94. The van der Waals surface area contributed by atoms with Gasteiger partial charge < -0.3 is 41.4 Å². The number of aromatic nitrogens is 1. The smallest absolute Gasteiger partial charge is 0.267 e. The molecule has 0 fully saturated rings. The predicted octanol–water partition coefficient (Wildman–Crippen LogP) is 0.122. The Hall–Kier alpha value is -6.31. The molecular formula is C44H54ClN7O18S4. The van der Waals surface area contributed by atoms with Crippen molar-refractivity contribution < 1.29 is 80.8 Å². The molecule has 1 heterocycles. The van der Waals surface area contributed by atoms with Crippen LogP contribution >= 0.6 is 11.6 Å². The number of benzene rings is 3. The maximum absolute atomic E-state index is 13.5. The Labute approximate surface area is 432 Å². The van der Waals surface area contributed by atoms with Crippen LogP contribution in [0.4, 0.5) is 0 Å². The molecule has 4 aromatic rings. The Morgan fingerprint density at radius 3 is 1.82 bits per heavy atom. The molecule has 404 valence electrons. The van der Waals surface area contributed by atoms with E-state index in [1.165, 1.54) is 31.4 Å². The quantitative estimate of drug-likeness (QED) is 0.0387. The fraction of sp³-hybridized carbons (Fsp3) is 0.364. The minimum absolute atomic E-state index is 0.0596. The van der Waals surface area contributed by atoms with Crippen molar-refractivity contribution in [3.63, 3.8) is 0 Å². The van der Waals surface area contributed by atoms with Crippen LogP contribution in [0.2, 0.25) is 5.02 Å². The molecular weight excluding hydrogens is 1080 g/mol. The van der Waals surface area contributed by atoms with Gasteiger partial charge in [-0.3, -0.25) is 42.6 Å². The van der Waals surface area contributed by atoms with E-state index in [1.807, 2.05) is 61.6 Å². The summed E-state index contributed by atoms with van der Waals surface area (Å²) < 4.78 is 136. The highest BCUT2D eigenvalue weighted by atomic mass is 35.5. The number of hydrogen-bond donors (Lipinski definition) is 8. The van der Waals surface area contributed by atoms with E-state index < -0.39 is 118 Å². The second-order valence-corrected chi connectivity index (χ2v) is 23.6. The molecule has 0 aliphatic heterocycles. The molecule has 9 N–H and O–H groups in total. The molecule has 30 heteroatoms. The summed E-state index contributed by atoms with van der Waals surface area (Å²) in [6.07, 6.45) is 3.09. The fourth-order valence-electron chi connectivity index (χ4n) is 6.90. The van der Waals surface area contributed by atoms with Crippen molar-refractivity contribution in [2.24, 2.45) is 5.73 Å². The van der Waals surface area contributed by atoms with Gasteiger partial charge in [0.15, 0.2) is 9.84 Å². The molecule has 0 spiro atoms. The Kier molecular flexibility index (Phi) is 21.0. The third kappa shape index (κ3) is 19.2. The first-order valence-electron chi connectivity index (χ1n) is 21.7. The molecule has 0 saturated carbocycles. The first kappa shape index (κ1) is 60.2. The summed E-state index contributed by atoms with van der Waals surface area (Å²) in [6.45, 7) is 2.28. The van der Waals surface area contributed by atoms with E-state index >= 15 is 0 Å². The largest absolute Gasteiger partial charge is 0.488 e. The van der Waals surface area contributed by atoms with Crippen LogP contribution in [0.5, 0.6) is 11.5 Å². The second-order valence-electron chi connectivity index (χ2n) is 16.7. The standard InChI is InChI=1S/C44H54ClN7O18S4/c1-26-8-5-6-10-32(26)33-11-7-9-29(27(33)2)22-70-39-16-38(69-21-28-14-31(18-47-17-28)71(4,58)59)30(15-34(39)45)20-52(3)41(54)19-48-42(55)35(23-72(60,61)62)50-44(57)37(25-74(66,67)68)51-43(56)36(24-73(63,64)65)49-40(53)12-13-46/h5-11,14-18,35-37H,12-13,19-25,46H2,1-4H3,(H,48,55)(H,49,53)(H,50,57)(H,51,56)(H,60,61,62)(H,63,64,65)(H,66,67,68)/t35-,36-,37-/m0/s1. The molecule has 1 aromatic heterocycles. The van der Waals surface area contributed by atoms with Crippen LogP contribution in [0.3, 0.4) is 0 Å². The number of halogens is 1. The van der Waals surface area contributed by atoms with Crippen molar-refractivity contribution in [2.45, 2.75) is 63.0 Å². The maximum Gasteiger partial charge on any atom is 0.267 e. The second kappa shape index (κ2) is 25.8. The molecule has 5 amide bonds. The molecule has 74 heavy (non-hydrogen) atoms. The number of nitrogens with two attached hydrogens (primary N) is 1. The van der Waals surface area contributed by atoms with Gasteiger partial charge in [0, 0.05) is 62.4 Å². The average Bonchev–Trinajstić information content (AvgIpc) is 3.28. The summed E-state index contributed by atoms with van der Waals surface area (Å²) in [6, 6.07) is 10.9. The van der Waals surface area contributed by atoms with E-state index in [-0.39, 0.29) is 53.3 Å². The number of pyridine rings is 1. The van der Waals surface area contributed by atoms with Gasteiger partial charge in [-0.05, 0) is 53.8 Å². The third-order valence-electron chi connectivity index (χ3n) is 10.6. The van der Waals surface area contributed by atoms with Crippen LogP contribution in [0.25, 0.3) is 11.1 Å². The third-order valence-corrected chi connectivity index (χ3v) is 14.3.